The van der Waals surface area contributed by atoms with E-state index in [0.29, 0.717) is 12.8 Å². The van der Waals surface area contributed by atoms with Gasteiger partial charge >= 0.3 is 0 Å². The average Bonchev–Trinajstić information content (AvgIpc) is 1.61. The van der Waals surface area contributed by atoms with Gasteiger partial charge in [-0.2, -0.15) is 0 Å². The fourth-order valence-electron chi connectivity index (χ4n) is 0.212. The molecule has 0 aromatic carbocycles. The molecule has 0 aliphatic carbocycles. The highest BCUT2D eigenvalue weighted by Crippen LogP contribution is 1.84. The van der Waals surface area contributed by atoms with Crippen molar-refractivity contribution in [1.82, 2.24) is 0 Å². The van der Waals surface area contributed by atoms with Gasteiger partial charge in [-0.1, -0.05) is 0 Å². The lowest BCUT2D eigenvalue weighted by atomic mass is 10.2. The van der Waals surface area contributed by atoms with E-state index < -0.39 is 0 Å². The van der Waals surface area contributed by atoms with Crippen molar-refractivity contribution in [1.29, 1.82) is 0 Å². The summed E-state index contributed by atoms with van der Waals surface area (Å²) in [5, 5.41) is 0. The first kappa shape index (κ1) is 6.23. The minimum Gasteiger partial charge on any atom is -0.300 e. The Labute approximate surface area is 43.7 Å². The second-order valence-electron chi connectivity index (χ2n) is 1.24. The molecule has 0 heterocycles. The molecule has 7 heavy (non-hydrogen) atoms. The third kappa shape index (κ3) is 5.23. The molecule has 0 unspecified atom stereocenters. The second-order valence-corrected chi connectivity index (χ2v) is 1.24. The van der Waals surface area contributed by atoms with Crippen molar-refractivity contribution in [3.8, 4) is 12.3 Å². The standard InChI is InChI=1S/C6H7O/c1-3-4-5-6(2)7/h1H,2,4-5H2. The zero-order valence-corrected chi connectivity index (χ0v) is 4.11. The highest BCUT2D eigenvalue weighted by Gasteiger charge is 1.86. The van der Waals surface area contributed by atoms with E-state index >= 15 is 0 Å². The van der Waals surface area contributed by atoms with Gasteiger partial charge in [-0.05, 0) is 0 Å². The molecule has 1 radical (unpaired) electrons. The van der Waals surface area contributed by atoms with Crippen LogP contribution in [0.1, 0.15) is 12.8 Å². The van der Waals surface area contributed by atoms with Gasteiger partial charge in [0.1, 0.15) is 5.78 Å². The molecule has 37 valence electrons. The summed E-state index contributed by atoms with van der Waals surface area (Å²) in [6, 6.07) is 0. The van der Waals surface area contributed by atoms with Crippen LogP contribution in [0.25, 0.3) is 0 Å². The molecule has 0 amide bonds. The Bertz CT molecular complexity index is 97.2. The smallest absolute Gasteiger partial charge is 0.134 e. The lowest BCUT2D eigenvalue weighted by Gasteiger charge is -1.80. The number of carbonyl (C=O) groups is 1. The topological polar surface area (TPSA) is 17.1 Å². The van der Waals surface area contributed by atoms with E-state index in [0.717, 1.165) is 0 Å². The normalized spacial score (nSPS) is 7.43. The van der Waals surface area contributed by atoms with E-state index in [1.165, 1.54) is 0 Å². The quantitative estimate of drug-likeness (QED) is 0.464. The summed E-state index contributed by atoms with van der Waals surface area (Å²) in [5.41, 5.74) is 0. The van der Waals surface area contributed by atoms with Crippen LogP contribution in [-0.4, -0.2) is 5.78 Å². The molecule has 0 saturated carbocycles. The van der Waals surface area contributed by atoms with E-state index in [1.54, 1.807) is 0 Å². The summed E-state index contributed by atoms with van der Waals surface area (Å²) in [6.45, 7) is 3.14. The predicted octanol–water partition coefficient (Wildman–Crippen LogP) is 0.803. The maximum absolute atomic E-state index is 10.00. The fraction of sp³-hybridized carbons (Fsp3) is 0.333. The van der Waals surface area contributed by atoms with Crippen LogP contribution in [0, 0.1) is 19.3 Å². The molecule has 1 nitrogen and oxygen atoms in total. The van der Waals surface area contributed by atoms with E-state index in [2.05, 4.69) is 12.8 Å². The number of carbonyl (C=O) groups excluding carboxylic acids is 1. The number of Topliss-reactive ketones (excluding diaryl/α,β-unsaturated/α-hetero) is 1. The molecule has 0 aliphatic heterocycles. The number of ketones is 1. The van der Waals surface area contributed by atoms with Gasteiger partial charge < -0.3 is 0 Å². The van der Waals surface area contributed by atoms with Crippen LogP contribution < -0.4 is 0 Å². The molecular formula is C6H7O. The van der Waals surface area contributed by atoms with E-state index in [4.69, 9.17) is 6.42 Å². The fourth-order valence-corrected chi connectivity index (χ4v) is 0.212. The van der Waals surface area contributed by atoms with Gasteiger partial charge in [-0.25, -0.2) is 0 Å². The third-order valence-electron chi connectivity index (χ3n) is 0.548. The van der Waals surface area contributed by atoms with Gasteiger partial charge in [0.05, 0.1) is 0 Å². The lowest BCUT2D eigenvalue weighted by molar-refractivity contribution is -0.114. The molecule has 0 atom stereocenters. The molecule has 0 aromatic heterocycles. The zero-order chi connectivity index (χ0) is 5.70. The van der Waals surface area contributed by atoms with Gasteiger partial charge in [0, 0.05) is 19.8 Å². The Morgan fingerprint density at radius 3 is 2.57 bits per heavy atom. The van der Waals surface area contributed by atoms with Crippen LogP contribution in [0.5, 0.6) is 0 Å². The number of terminal acetylenes is 1. The van der Waals surface area contributed by atoms with Crippen molar-refractivity contribution < 1.29 is 4.79 Å². The molecular weight excluding hydrogens is 88.1 g/mol. The molecule has 0 aliphatic rings. The summed E-state index contributed by atoms with van der Waals surface area (Å²) in [5.74, 6) is 2.25. The largest absolute Gasteiger partial charge is 0.300 e. The molecule has 1 heteroatoms. The van der Waals surface area contributed by atoms with Crippen LogP contribution in [0.2, 0.25) is 0 Å². The summed E-state index contributed by atoms with van der Waals surface area (Å²) in [4.78, 5) is 10.00. The Kier molecular flexibility index (Phi) is 3.04. The lowest BCUT2D eigenvalue weighted by Crippen LogP contribution is -1.86. The van der Waals surface area contributed by atoms with Crippen molar-refractivity contribution in [2.24, 2.45) is 0 Å². The second kappa shape index (κ2) is 3.42. The molecule has 0 bridgehead atoms. The van der Waals surface area contributed by atoms with Crippen LogP contribution in [0.3, 0.4) is 0 Å². The molecule has 0 rings (SSSR count). The minimum atomic E-state index is -0.0852. The SMILES string of the molecule is C#CCCC([CH2])=O. The minimum absolute atomic E-state index is 0.0852. The molecule has 0 spiro atoms. The van der Waals surface area contributed by atoms with Gasteiger partial charge in [-0.15, -0.1) is 12.3 Å². The first-order valence-electron chi connectivity index (χ1n) is 2.05. The van der Waals surface area contributed by atoms with E-state index in [9.17, 15) is 4.79 Å². The third-order valence-corrected chi connectivity index (χ3v) is 0.548. The monoisotopic (exact) mass is 95.0 g/mol. The first-order chi connectivity index (χ1) is 3.27. The zero-order valence-electron chi connectivity index (χ0n) is 4.11. The summed E-state index contributed by atoms with van der Waals surface area (Å²) >= 11 is 0. The number of hydrogen-bond donors (Lipinski definition) is 0. The van der Waals surface area contributed by atoms with Crippen molar-refractivity contribution in [2.45, 2.75) is 12.8 Å². The van der Waals surface area contributed by atoms with Crippen LogP contribution in [0.4, 0.5) is 0 Å². The van der Waals surface area contributed by atoms with Crippen molar-refractivity contribution in [3.63, 3.8) is 0 Å². The molecule has 0 saturated heterocycles. The Morgan fingerprint density at radius 1 is 1.86 bits per heavy atom. The molecule has 0 aromatic rings. The van der Waals surface area contributed by atoms with Crippen LogP contribution in [0.15, 0.2) is 0 Å². The van der Waals surface area contributed by atoms with E-state index in [-0.39, 0.29) is 5.78 Å². The van der Waals surface area contributed by atoms with Crippen molar-refractivity contribution in [2.75, 3.05) is 0 Å². The van der Waals surface area contributed by atoms with Crippen molar-refractivity contribution in [3.05, 3.63) is 6.92 Å². The van der Waals surface area contributed by atoms with Gasteiger partial charge in [-0.3, -0.25) is 4.79 Å². The number of hydrogen-bond acceptors (Lipinski definition) is 1. The summed E-state index contributed by atoms with van der Waals surface area (Å²) < 4.78 is 0. The predicted molar refractivity (Wildman–Crippen MR) is 28.4 cm³/mol. The van der Waals surface area contributed by atoms with Gasteiger partial charge in [0.15, 0.2) is 0 Å². The average molecular weight is 95.1 g/mol. The van der Waals surface area contributed by atoms with Crippen LogP contribution in [-0.2, 0) is 4.79 Å². The molecule has 0 fully saturated rings. The number of rotatable bonds is 2. The Morgan fingerprint density at radius 2 is 2.43 bits per heavy atom. The van der Waals surface area contributed by atoms with Gasteiger partial charge in [0.2, 0.25) is 0 Å². The maximum atomic E-state index is 10.00. The summed E-state index contributed by atoms with van der Waals surface area (Å²) in [6.07, 6.45) is 5.78. The highest BCUT2D eigenvalue weighted by atomic mass is 16.1. The van der Waals surface area contributed by atoms with Gasteiger partial charge in [0.25, 0.3) is 0 Å². The summed E-state index contributed by atoms with van der Waals surface area (Å²) in [7, 11) is 0. The van der Waals surface area contributed by atoms with Crippen LogP contribution >= 0.6 is 0 Å². The Balaban J connectivity index is 3.02. The first-order valence-corrected chi connectivity index (χ1v) is 2.05. The highest BCUT2D eigenvalue weighted by molar-refractivity contribution is 5.82. The van der Waals surface area contributed by atoms with E-state index in [1.807, 2.05) is 0 Å². The Hall–Kier alpha value is -0.770. The maximum Gasteiger partial charge on any atom is 0.134 e. The van der Waals surface area contributed by atoms with Crippen molar-refractivity contribution >= 4 is 5.78 Å². The molecule has 0 N–H and O–H groups in total.